The molecule has 0 spiro atoms. The molecule has 0 heterocycles. The number of carboxylic acids is 1. The molecule has 0 unspecified atom stereocenters. The summed E-state index contributed by atoms with van der Waals surface area (Å²) in [7, 11) is 0. The lowest BCUT2D eigenvalue weighted by atomic mass is 10.1. The number of benzene rings is 1. The van der Waals surface area contributed by atoms with Crippen molar-refractivity contribution in [3.8, 4) is 0 Å². The maximum atomic E-state index is 11.0. The van der Waals surface area contributed by atoms with Gasteiger partial charge < -0.3 is 10.8 Å². The first-order valence-corrected chi connectivity index (χ1v) is 5.46. The van der Waals surface area contributed by atoms with Gasteiger partial charge in [-0.1, -0.05) is 18.2 Å². The predicted octanol–water partition coefficient (Wildman–Crippen LogP) is 0.858. The van der Waals surface area contributed by atoms with Crippen LogP contribution in [0.4, 0.5) is 0 Å². The maximum Gasteiger partial charge on any atom is 0.317 e. The van der Waals surface area contributed by atoms with Gasteiger partial charge in [0.05, 0.1) is 6.54 Å². The molecule has 0 radical (unpaired) electrons. The van der Waals surface area contributed by atoms with Crippen LogP contribution >= 0.6 is 0 Å². The fraction of sp³-hybridized carbons (Fsp3) is 0.231. The Morgan fingerprint density at radius 3 is 2.72 bits per heavy atom. The predicted molar refractivity (Wildman–Crippen MR) is 68.1 cm³/mol. The monoisotopic (exact) mass is 248 g/mol. The first-order chi connectivity index (χ1) is 8.52. The molecule has 96 valence electrons. The molecule has 1 amide bonds. The third-order valence-corrected chi connectivity index (χ3v) is 2.36. The molecule has 0 aliphatic heterocycles. The SMILES string of the molecule is C=CCN(CC(=O)O)Cc1cccc(C(N)=O)c1. The van der Waals surface area contributed by atoms with Gasteiger partial charge >= 0.3 is 5.97 Å². The summed E-state index contributed by atoms with van der Waals surface area (Å²) in [6, 6.07) is 6.84. The van der Waals surface area contributed by atoms with Crippen molar-refractivity contribution in [3.05, 3.63) is 48.0 Å². The molecule has 5 nitrogen and oxygen atoms in total. The molecule has 0 aliphatic rings. The van der Waals surface area contributed by atoms with Crippen LogP contribution < -0.4 is 5.73 Å². The summed E-state index contributed by atoms with van der Waals surface area (Å²) in [6.07, 6.45) is 1.64. The van der Waals surface area contributed by atoms with E-state index in [-0.39, 0.29) is 6.54 Å². The van der Waals surface area contributed by atoms with E-state index in [1.165, 1.54) is 0 Å². The van der Waals surface area contributed by atoms with E-state index >= 15 is 0 Å². The van der Waals surface area contributed by atoms with E-state index in [0.29, 0.717) is 18.7 Å². The number of carboxylic acid groups (broad SMARTS) is 1. The van der Waals surface area contributed by atoms with Crippen LogP contribution in [0, 0.1) is 0 Å². The van der Waals surface area contributed by atoms with Gasteiger partial charge in [0.25, 0.3) is 0 Å². The average molecular weight is 248 g/mol. The molecule has 0 aromatic heterocycles. The van der Waals surface area contributed by atoms with Crippen LogP contribution in [0.1, 0.15) is 15.9 Å². The summed E-state index contributed by atoms with van der Waals surface area (Å²) in [5.41, 5.74) is 6.45. The fourth-order valence-electron chi connectivity index (χ4n) is 1.64. The Kier molecular flexibility index (Phi) is 5.07. The number of nitrogens with zero attached hydrogens (tertiary/aromatic N) is 1. The highest BCUT2D eigenvalue weighted by Gasteiger charge is 2.09. The second kappa shape index (κ2) is 6.56. The standard InChI is InChI=1S/C13H16N2O3/c1-2-6-15(9-12(16)17)8-10-4-3-5-11(7-10)13(14)18/h2-5,7H,1,6,8-9H2,(H2,14,18)(H,16,17). The van der Waals surface area contributed by atoms with Crippen molar-refractivity contribution in [2.75, 3.05) is 13.1 Å². The highest BCUT2D eigenvalue weighted by atomic mass is 16.4. The van der Waals surface area contributed by atoms with Crippen LogP contribution in [-0.4, -0.2) is 35.0 Å². The summed E-state index contributed by atoms with van der Waals surface area (Å²) in [4.78, 5) is 23.4. The minimum atomic E-state index is -0.900. The molecule has 18 heavy (non-hydrogen) atoms. The smallest absolute Gasteiger partial charge is 0.317 e. The highest BCUT2D eigenvalue weighted by Crippen LogP contribution is 2.08. The van der Waals surface area contributed by atoms with Gasteiger partial charge in [-0.05, 0) is 17.7 Å². The summed E-state index contributed by atoms with van der Waals surface area (Å²) >= 11 is 0. The molecule has 0 bridgehead atoms. The number of carbonyl (C=O) groups is 2. The average Bonchev–Trinajstić information content (AvgIpc) is 2.28. The van der Waals surface area contributed by atoms with Crippen LogP contribution in [0.5, 0.6) is 0 Å². The molecular weight excluding hydrogens is 232 g/mol. The van der Waals surface area contributed by atoms with Crippen LogP contribution in [0.3, 0.4) is 0 Å². The van der Waals surface area contributed by atoms with Crippen LogP contribution in [0.15, 0.2) is 36.9 Å². The van der Waals surface area contributed by atoms with Crippen molar-refractivity contribution < 1.29 is 14.7 Å². The van der Waals surface area contributed by atoms with E-state index < -0.39 is 11.9 Å². The minimum Gasteiger partial charge on any atom is -0.480 e. The van der Waals surface area contributed by atoms with Crippen LogP contribution in [0.25, 0.3) is 0 Å². The molecule has 1 rings (SSSR count). The lowest BCUT2D eigenvalue weighted by molar-refractivity contribution is -0.138. The Morgan fingerprint density at radius 2 is 2.17 bits per heavy atom. The number of rotatable bonds is 7. The van der Waals surface area contributed by atoms with Gasteiger partial charge in [0, 0.05) is 18.7 Å². The van der Waals surface area contributed by atoms with E-state index in [1.807, 2.05) is 6.07 Å². The van der Waals surface area contributed by atoms with Crippen molar-refractivity contribution in [3.63, 3.8) is 0 Å². The molecule has 3 N–H and O–H groups in total. The van der Waals surface area contributed by atoms with Gasteiger partial charge in [-0.2, -0.15) is 0 Å². The van der Waals surface area contributed by atoms with Crippen molar-refractivity contribution in [1.82, 2.24) is 4.90 Å². The largest absolute Gasteiger partial charge is 0.480 e. The third-order valence-electron chi connectivity index (χ3n) is 2.36. The second-order valence-electron chi connectivity index (χ2n) is 3.92. The number of amides is 1. The number of carbonyl (C=O) groups excluding carboxylic acids is 1. The number of hydrogen-bond donors (Lipinski definition) is 2. The second-order valence-corrected chi connectivity index (χ2v) is 3.92. The van der Waals surface area contributed by atoms with E-state index in [9.17, 15) is 9.59 Å². The van der Waals surface area contributed by atoms with Crippen LogP contribution in [0.2, 0.25) is 0 Å². The van der Waals surface area contributed by atoms with Gasteiger partial charge in [0.2, 0.25) is 5.91 Å². The number of primary amides is 1. The zero-order valence-electron chi connectivity index (χ0n) is 10.0. The van der Waals surface area contributed by atoms with E-state index in [4.69, 9.17) is 10.8 Å². The number of nitrogens with two attached hydrogens (primary N) is 1. The summed E-state index contributed by atoms with van der Waals surface area (Å²) in [5, 5.41) is 8.78. The minimum absolute atomic E-state index is 0.0766. The Morgan fingerprint density at radius 1 is 1.44 bits per heavy atom. The van der Waals surface area contributed by atoms with Gasteiger partial charge in [-0.15, -0.1) is 6.58 Å². The van der Waals surface area contributed by atoms with E-state index in [1.54, 1.807) is 29.2 Å². The van der Waals surface area contributed by atoms with Crippen molar-refractivity contribution in [2.45, 2.75) is 6.54 Å². The summed E-state index contributed by atoms with van der Waals surface area (Å²) in [6.45, 7) is 4.41. The van der Waals surface area contributed by atoms with Gasteiger partial charge in [0.1, 0.15) is 0 Å². The topological polar surface area (TPSA) is 83.6 Å². The zero-order chi connectivity index (χ0) is 13.5. The van der Waals surface area contributed by atoms with Gasteiger partial charge in [0.15, 0.2) is 0 Å². The Balaban J connectivity index is 2.79. The molecular formula is C13H16N2O3. The quantitative estimate of drug-likeness (QED) is 0.701. The van der Waals surface area contributed by atoms with Crippen molar-refractivity contribution >= 4 is 11.9 Å². The summed E-state index contributed by atoms with van der Waals surface area (Å²) < 4.78 is 0. The fourth-order valence-corrected chi connectivity index (χ4v) is 1.64. The number of hydrogen-bond acceptors (Lipinski definition) is 3. The van der Waals surface area contributed by atoms with E-state index in [0.717, 1.165) is 5.56 Å². The molecule has 0 fully saturated rings. The molecule has 1 aromatic rings. The van der Waals surface area contributed by atoms with Crippen molar-refractivity contribution in [1.29, 1.82) is 0 Å². The third kappa shape index (κ3) is 4.39. The highest BCUT2D eigenvalue weighted by molar-refractivity contribution is 5.92. The molecule has 0 atom stereocenters. The van der Waals surface area contributed by atoms with Crippen molar-refractivity contribution in [2.24, 2.45) is 5.73 Å². The lowest BCUT2D eigenvalue weighted by Crippen LogP contribution is -2.29. The first kappa shape index (κ1) is 13.9. The summed E-state index contributed by atoms with van der Waals surface area (Å²) in [5.74, 6) is -1.40. The maximum absolute atomic E-state index is 11.0. The Bertz CT molecular complexity index is 457. The molecule has 5 heteroatoms. The molecule has 0 saturated carbocycles. The normalized spacial score (nSPS) is 10.3. The zero-order valence-corrected chi connectivity index (χ0v) is 10.0. The molecule has 0 aliphatic carbocycles. The Hall–Kier alpha value is -2.14. The van der Waals surface area contributed by atoms with Crippen LogP contribution in [-0.2, 0) is 11.3 Å². The molecule has 0 saturated heterocycles. The Labute approximate surface area is 106 Å². The lowest BCUT2D eigenvalue weighted by Gasteiger charge is -2.18. The number of aliphatic carboxylic acids is 1. The van der Waals surface area contributed by atoms with Gasteiger partial charge in [-0.3, -0.25) is 14.5 Å². The molecule has 1 aromatic carbocycles. The van der Waals surface area contributed by atoms with E-state index in [2.05, 4.69) is 6.58 Å². The van der Waals surface area contributed by atoms with Gasteiger partial charge in [-0.25, -0.2) is 0 Å². The first-order valence-electron chi connectivity index (χ1n) is 5.46.